The van der Waals surface area contributed by atoms with Gasteiger partial charge in [0.1, 0.15) is 22.0 Å². The van der Waals surface area contributed by atoms with E-state index in [1.807, 2.05) is 0 Å². The van der Waals surface area contributed by atoms with Gasteiger partial charge in [-0.05, 0) is 42.5 Å². The van der Waals surface area contributed by atoms with Gasteiger partial charge in [-0.3, -0.25) is 9.11 Å². The summed E-state index contributed by atoms with van der Waals surface area (Å²) >= 11 is 0. The zero-order valence-corrected chi connectivity index (χ0v) is 20.5. The van der Waals surface area contributed by atoms with Crippen molar-refractivity contribution in [1.29, 1.82) is 0 Å². The highest BCUT2D eigenvalue weighted by Gasteiger charge is 2.19. The fourth-order valence-electron chi connectivity index (χ4n) is 3.32. The van der Waals surface area contributed by atoms with Gasteiger partial charge in [-0.25, -0.2) is 0 Å². The quantitative estimate of drug-likeness (QED) is 0.191. The van der Waals surface area contributed by atoms with Crippen LogP contribution in [0, 0.1) is 0 Å². The van der Waals surface area contributed by atoms with E-state index >= 15 is 0 Å². The molecule has 0 amide bonds. The summed E-state index contributed by atoms with van der Waals surface area (Å²) < 4.78 is 70.0. The van der Waals surface area contributed by atoms with Crippen LogP contribution < -0.4 is 4.74 Å². The molecule has 0 atom stereocenters. The number of benzene rings is 4. The van der Waals surface area contributed by atoms with Gasteiger partial charge in [-0.15, -0.1) is 10.2 Å². The molecule has 4 aromatic carbocycles. The highest BCUT2D eigenvalue weighted by molar-refractivity contribution is 7.86. The van der Waals surface area contributed by atoms with Crippen LogP contribution in [0.25, 0.3) is 10.8 Å². The van der Waals surface area contributed by atoms with Crippen LogP contribution in [-0.4, -0.2) is 38.2 Å². The second-order valence-corrected chi connectivity index (χ2v) is 10.3. The van der Waals surface area contributed by atoms with Crippen molar-refractivity contribution in [2.45, 2.75) is 9.79 Å². The van der Waals surface area contributed by atoms with Crippen molar-refractivity contribution < 1.29 is 35.8 Å². The van der Waals surface area contributed by atoms with Crippen molar-refractivity contribution in [3.63, 3.8) is 0 Å². The lowest BCUT2D eigenvalue weighted by Gasteiger charge is -2.08. The molecule has 0 saturated carbocycles. The van der Waals surface area contributed by atoms with Gasteiger partial charge in [0.25, 0.3) is 20.2 Å². The zero-order valence-electron chi connectivity index (χ0n) is 18.9. The summed E-state index contributed by atoms with van der Waals surface area (Å²) in [5, 5.41) is 26.9. The maximum Gasteiger partial charge on any atom is 0.295 e. The molecule has 0 unspecified atom stereocenters. The van der Waals surface area contributed by atoms with Gasteiger partial charge in [0.05, 0.1) is 23.4 Å². The molecule has 0 aliphatic heterocycles. The normalized spacial score (nSPS) is 12.5. The topological polar surface area (TPSA) is 188 Å². The number of hydrogen-bond donors (Lipinski definition) is 3. The monoisotopic (exact) mass is 542 g/mol. The molecule has 3 N–H and O–H groups in total. The average molecular weight is 543 g/mol. The van der Waals surface area contributed by atoms with Gasteiger partial charge < -0.3 is 9.84 Å². The van der Waals surface area contributed by atoms with Crippen LogP contribution in [0.15, 0.2) is 103 Å². The smallest absolute Gasteiger partial charge is 0.295 e. The van der Waals surface area contributed by atoms with Crippen LogP contribution in [0.4, 0.5) is 22.7 Å². The van der Waals surface area contributed by atoms with Crippen LogP contribution in [0.3, 0.4) is 0 Å². The number of aromatic hydroxyl groups is 1. The lowest BCUT2D eigenvalue weighted by atomic mass is 10.1. The predicted octanol–water partition coefficient (Wildman–Crippen LogP) is 5.88. The largest absolute Gasteiger partial charge is 0.505 e. The molecule has 0 aromatic heterocycles. The third-order valence-electron chi connectivity index (χ3n) is 5.08. The van der Waals surface area contributed by atoms with Crippen molar-refractivity contribution in [2.24, 2.45) is 20.5 Å². The SMILES string of the molecule is COc1cc(N=Nc2ccc(S(=O)(=O)O)cc2)ccc1N=Nc1cc(S(=O)(=O)O)c2ccccc2c1O. The Morgan fingerprint density at radius 2 is 1.27 bits per heavy atom. The number of fused-ring (bicyclic) bond motifs is 1. The molecule has 190 valence electrons. The second-order valence-electron chi connectivity index (χ2n) is 7.49. The molecule has 0 aliphatic rings. The second kappa shape index (κ2) is 10.0. The van der Waals surface area contributed by atoms with Gasteiger partial charge in [0.15, 0.2) is 5.75 Å². The van der Waals surface area contributed by atoms with E-state index in [1.54, 1.807) is 12.1 Å². The number of azo groups is 2. The van der Waals surface area contributed by atoms with E-state index in [4.69, 9.17) is 9.29 Å². The molecule has 14 heteroatoms. The van der Waals surface area contributed by atoms with Gasteiger partial charge in [0, 0.05) is 16.8 Å². The molecule has 37 heavy (non-hydrogen) atoms. The molecule has 0 radical (unpaired) electrons. The van der Waals surface area contributed by atoms with Gasteiger partial charge in [0.2, 0.25) is 0 Å². The molecule has 0 spiro atoms. The summed E-state index contributed by atoms with van der Waals surface area (Å²) in [6.45, 7) is 0. The Hall–Kier alpha value is -4.24. The third kappa shape index (κ3) is 5.78. The molecule has 0 aliphatic carbocycles. The van der Waals surface area contributed by atoms with Gasteiger partial charge >= 0.3 is 0 Å². The average Bonchev–Trinajstić information content (AvgIpc) is 2.86. The Morgan fingerprint density at radius 1 is 0.676 bits per heavy atom. The molecule has 0 bridgehead atoms. The lowest BCUT2D eigenvalue weighted by Crippen LogP contribution is -1.99. The van der Waals surface area contributed by atoms with E-state index in [0.717, 1.165) is 6.07 Å². The fraction of sp³-hybridized carbons (Fsp3) is 0.0435. The summed E-state index contributed by atoms with van der Waals surface area (Å²) in [5.74, 6) is -0.0895. The van der Waals surface area contributed by atoms with E-state index in [2.05, 4.69) is 20.5 Å². The summed E-state index contributed by atoms with van der Waals surface area (Å²) in [4.78, 5) is -0.703. The van der Waals surface area contributed by atoms with Gasteiger partial charge in [-0.1, -0.05) is 24.3 Å². The molecule has 0 heterocycles. The van der Waals surface area contributed by atoms with Crippen molar-refractivity contribution >= 4 is 53.8 Å². The van der Waals surface area contributed by atoms with Crippen molar-refractivity contribution in [1.82, 2.24) is 0 Å². The first kappa shape index (κ1) is 25.8. The molecule has 4 aromatic rings. The first-order chi connectivity index (χ1) is 17.5. The zero-order chi connectivity index (χ0) is 26.8. The molecule has 0 saturated heterocycles. The minimum absolute atomic E-state index is 0.126. The summed E-state index contributed by atoms with van der Waals surface area (Å²) in [5.41, 5.74) is 0.721. The molecule has 4 rings (SSSR count). The van der Waals surface area contributed by atoms with E-state index in [0.29, 0.717) is 11.4 Å². The van der Waals surface area contributed by atoms with E-state index < -0.39 is 25.1 Å². The number of rotatable bonds is 7. The molecular formula is C23H18N4O8S2. The first-order valence-corrected chi connectivity index (χ1v) is 13.2. The first-order valence-electron chi connectivity index (χ1n) is 10.3. The standard InChI is InChI=1S/C23H18N4O8S2/c1-35-21-12-15(25-24-14-6-9-16(10-7-14)36(29,30)31)8-11-19(21)26-27-20-13-22(37(32,33)34)17-4-2-3-5-18(17)23(20)28/h2-13,28H,1H3,(H,29,30,31)(H,32,33,34). The Balaban J connectivity index is 1.64. The Kier molecular flexibility index (Phi) is 7.00. The molecule has 0 fully saturated rings. The van der Waals surface area contributed by atoms with E-state index in [1.165, 1.54) is 61.7 Å². The molecular weight excluding hydrogens is 524 g/mol. The number of hydrogen-bond acceptors (Lipinski definition) is 10. The highest BCUT2D eigenvalue weighted by Crippen LogP contribution is 2.40. The van der Waals surface area contributed by atoms with Crippen LogP contribution in [0.1, 0.15) is 0 Å². The maximum atomic E-state index is 11.9. The predicted molar refractivity (Wildman–Crippen MR) is 133 cm³/mol. The Morgan fingerprint density at radius 3 is 1.89 bits per heavy atom. The number of ether oxygens (including phenoxy) is 1. The van der Waals surface area contributed by atoms with Crippen molar-refractivity contribution in [3.8, 4) is 11.5 Å². The van der Waals surface area contributed by atoms with Crippen LogP contribution in [0.2, 0.25) is 0 Å². The van der Waals surface area contributed by atoms with Crippen molar-refractivity contribution in [2.75, 3.05) is 7.11 Å². The summed E-state index contributed by atoms with van der Waals surface area (Å²) in [6.07, 6.45) is 0. The Bertz CT molecular complexity index is 1770. The van der Waals surface area contributed by atoms with E-state index in [-0.39, 0.29) is 38.5 Å². The van der Waals surface area contributed by atoms with Crippen LogP contribution in [0.5, 0.6) is 11.5 Å². The van der Waals surface area contributed by atoms with Gasteiger partial charge in [-0.2, -0.15) is 27.1 Å². The summed E-state index contributed by atoms with van der Waals surface area (Å²) in [7, 11) is -7.54. The number of phenols is 1. The Labute approximate surface area is 211 Å². The molecule has 12 nitrogen and oxygen atoms in total. The van der Waals surface area contributed by atoms with Crippen molar-refractivity contribution in [3.05, 3.63) is 72.8 Å². The third-order valence-corrected chi connectivity index (χ3v) is 6.84. The van der Waals surface area contributed by atoms with Crippen LogP contribution >= 0.6 is 0 Å². The maximum absolute atomic E-state index is 11.9. The number of nitrogens with zero attached hydrogens (tertiary/aromatic N) is 4. The fourth-order valence-corrected chi connectivity index (χ4v) is 4.52. The highest BCUT2D eigenvalue weighted by atomic mass is 32.2. The van der Waals surface area contributed by atoms with Crippen LogP contribution in [-0.2, 0) is 20.2 Å². The van der Waals surface area contributed by atoms with E-state index in [9.17, 15) is 26.5 Å². The number of methoxy groups -OCH3 is 1. The minimum atomic E-state index is -4.61. The number of phenolic OH excluding ortho intramolecular Hbond substituents is 1. The lowest BCUT2D eigenvalue weighted by molar-refractivity contribution is 0.416. The minimum Gasteiger partial charge on any atom is -0.505 e. The summed E-state index contributed by atoms with van der Waals surface area (Å²) in [6, 6.07) is 16.7.